The molecule has 1 saturated carbocycles. The molecule has 0 unspecified atom stereocenters. The lowest BCUT2D eigenvalue weighted by Gasteiger charge is -2.13. The summed E-state index contributed by atoms with van der Waals surface area (Å²) >= 11 is 6.12. The van der Waals surface area contributed by atoms with Crippen LogP contribution in [0.1, 0.15) is 18.9 Å². The minimum Gasteiger partial charge on any atom is -0.479 e. The van der Waals surface area contributed by atoms with E-state index in [1.807, 2.05) is 12.2 Å². The molecule has 27 heavy (non-hydrogen) atoms. The summed E-state index contributed by atoms with van der Waals surface area (Å²) in [5.74, 6) is -1.68. The van der Waals surface area contributed by atoms with Crippen molar-refractivity contribution in [2.75, 3.05) is 0 Å². The van der Waals surface area contributed by atoms with Crippen LogP contribution in [0.25, 0.3) is 0 Å². The number of carboxylic acids is 1. The van der Waals surface area contributed by atoms with Crippen molar-refractivity contribution in [1.29, 1.82) is 0 Å². The van der Waals surface area contributed by atoms with Crippen LogP contribution in [0.2, 0.25) is 5.02 Å². The summed E-state index contributed by atoms with van der Waals surface area (Å²) in [5.41, 5.74) is 0.564. The molecule has 0 aromatic heterocycles. The molecule has 0 radical (unpaired) electrons. The van der Waals surface area contributed by atoms with Crippen molar-refractivity contribution in [3.63, 3.8) is 0 Å². The van der Waals surface area contributed by atoms with Gasteiger partial charge in [-0.3, -0.25) is 9.59 Å². The Kier molecular flexibility index (Phi) is 4.26. The minimum atomic E-state index is -1.10. The van der Waals surface area contributed by atoms with E-state index < -0.39 is 12.1 Å². The van der Waals surface area contributed by atoms with Crippen molar-refractivity contribution in [2.45, 2.75) is 19.4 Å². The molecule has 4 rings (SSSR count). The fourth-order valence-electron chi connectivity index (χ4n) is 4.06. The molecule has 8 heteroatoms. The Labute approximate surface area is 160 Å². The molecule has 3 aliphatic rings. The molecule has 0 spiro atoms. The molecular formula is C19H17ClN2O5. The van der Waals surface area contributed by atoms with E-state index in [9.17, 15) is 14.4 Å². The van der Waals surface area contributed by atoms with Gasteiger partial charge in [0.25, 0.3) is 11.8 Å². The quantitative estimate of drug-likeness (QED) is 0.474. The Bertz CT molecular complexity index is 866. The van der Waals surface area contributed by atoms with Crippen molar-refractivity contribution in [3.05, 3.63) is 40.9 Å². The number of rotatable bonds is 5. The summed E-state index contributed by atoms with van der Waals surface area (Å²) in [6.07, 6.45) is 5.28. The van der Waals surface area contributed by atoms with E-state index >= 15 is 0 Å². The van der Waals surface area contributed by atoms with Crippen LogP contribution in [0.4, 0.5) is 0 Å². The third kappa shape index (κ3) is 2.92. The predicted octanol–water partition coefficient (Wildman–Crippen LogP) is 2.33. The average Bonchev–Trinajstić information content (AvgIpc) is 3.30. The van der Waals surface area contributed by atoms with Crippen molar-refractivity contribution in [1.82, 2.24) is 5.01 Å². The van der Waals surface area contributed by atoms with Crippen LogP contribution in [0.3, 0.4) is 0 Å². The molecule has 2 fully saturated rings. The number of carbonyl (C=O) groups excluding carboxylic acids is 2. The standard InChI is InChI=1S/C19H17ClN2O5/c1-9(19(25)26)27-14-5-2-10(6-13(14)20)8-21-22-17(23)15-11-3-4-12(7-11)16(15)18(22)24/h2-6,8-9,11-12,15-16H,7H2,1H3,(H,25,26)/t9-,11+,12+,15-,16+/m1/s1. The number of hydrogen-bond acceptors (Lipinski definition) is 5. The maximum Gasteiger partial charge on any atom is 0.344 e. The number of fused-ring (bicyclic) bond motifs is 5. The number of hydrogen-bond donors (Lipinski definition) is 1. The second-order valence-electron chi connectivity index (χ2n) is 7.02. The molecular weight excluding hydrogens is 372 g/mol. The number of allylic oxidation sites excluding steroid dienone is 2. The summed E-state index contributed by atoms with van der Waals surface area (Å²) in [6, 6.07) is 4.68. The van der Waals surface area contributed by atoms with Gasteiger partial charge in [0.2, 0.25) is 0 Å². The van der Waals surface area contributed by atoms with Gasteiger partial charge in [0.15, 0.2) is 6.10 Å². The Morgan fingerprint density at radius 3 is 2.48 bits per heavy atom. The molecule has 140 valence electrons. The lowest BCUT2D eigenvalue weighted by molar-refractivity contribution is -0.144. The third-order valence-electron chi connectivity index (χ3n) is 5.38. The van der Waals surface area contributed by atoms with Gasteiger partial charge in [-0.05, 0) is 48.9 Å². The third-order valence-corrected chi connectivity index (χ3v) is 5.67. The second kappa shape index (κ2) is 6.49. The van der Waals surface area contributed by atoms with Crippen LogP contribution >= 0.6 is 11.6 Å². The SMILES string of the molecule is C[C@@H](Oc1ccc(C=NN2C(=O)[C@@H]3[C@H](C2=O)[C@H]2C=C[C@H]3C2)cc1Cl)C(=O)O. The molecule has 1 aliphatic heterocycles. The molecule has 2 bridgehead atoms. The fourth-order valence-corrected chi connectivity index (χ4v) is 4.29. The highest BCUT2D eigenvalue weighted by Gasteiger charge is 2.59. The van der Waals surface area contributed by atoms with E-state index in [0.29, 0.717) is 5.56 Å². The van der Waals surface area contributed by atoms with Crippen LogP contribution in [0, 0.1) is 23.7 Å². The lowest BCUT2D eigenvalue weighted by Crippen LogP contribution is -2.28. The van der Waals surface area contributed by atoms with Gasteiger partial charge in [0, 0.05) is 0 Å². The molecule has 1 saturated heterocycles. The zero-order chi connectivity index (χ0) is 19.3. The van der Waals surface area contributed by atoms with Crippen LogP contribution < -0.4 is 4.74 Å². The summed E-state index contributed by atoms with van der Waals surface area (Å²) in [7, 11) is 0. The van der Waals surface area contributed by atoms with Crippen molar-refractivity contribution in [3.8, 4) is 5.75 Å². The van der Waals surface area contributed by atoms with Crippen LogP contribution in [-0.4, -0.2) is 40.2 Å². The van der Waals surface area contributed by atoms with Crippen molar-refractivity contribution >= 4 is 35.6 Å². The molecule has 1 heterocycles. The van der Waals surface area contributed by atoms with Gasteiger partial charge in [-0.2, -0.15) is 10.1 Å². The minimum absolute atomic E-state index is 0.138. The number of benzene rings is 1. The number of carbonyl (C=O) groups is 3. The first kappa shape index (κ1) is 17.7. The molecule has 1 N–H and O–H groups in total. The van der Waals surface area contributed by atoms with Gasteiger partial charge >= 0.3 is 5.97 Å². The Morgan fingerprint density at radius 1 is 1.30 bits per heavy atom. The number of ether oxygens (including phenoxy) is 1. The Balaban J connectivity index is 1.49. The zero-order valence-electron chi connectivity index (χ0n) is 14.4. The van der Waals surface area contributed by atoms with Crippen LogP contribution in [-0.2, 0) is 14.4 Å². The molecule has 7 nitrogen and oxygen atoms in total. The number of aliphatic carboxylic acids is 1. The molecule has 5 atom stereocenters. The van der Waals surface area contributed by atoms with E-state index in [2.05, 4.69) is 5.10 Å². The highest BCUT2D eigenvalue weighted by Crippen LogP contribution is 2.52. The summed E-state index contributed by atoms with van der Waals surface area (Å²) in [6.45, 7) is 1.40. The maximum absolute atomic E-state index is 12.6. The predicted molar refractivity (Wildman–Crippen MR) is 96.3 cm³/mol. The largest absolute Gasteiger partial charge is 0.479 e. The van der Waals surface area contributed by atoms with E-state index in [4.69, 9.17) is 21.4 Å². The van der Waals surface area contributed by atoms with Crippen LogP contribution in [0.5, 0.6) is 5.75 Å². The van der Waals surface area contributed by atoms with Crippen molar-refractivity contribution < 1.29 is 24.2 Å². The van der Waals surface area contributed by atoms with Gasteiger partial charge in [-0.1, -0.05) is 23.8 Å². The average molecular weight is 389 g/mol. The normalized spacial score (nSPS) is 29.6. The van der Waals surface area contributed by atoms with Crippen LogP contribution in [0.15, 0.2) is 35.5 Å². The fraction of sp³-hybridized carbons (Fsp3) is 0.368. The summed E-state index contributed by atoms with van der Waals surface area (Å²) in [4.78, 5) is 36.0. The first-order chi connectivity index (χ1) is 12.9. The monoisotopic (exact) mass is 388 g/mol. The summed E-state index contributed by atoms with van der Waals surface area (Å²) in [5, 5.41) is 14.2. The lowest BCUT2D eigenvalue weighted by atomic mass is 9.85. The number of halogens is 1. The van der Waals surface area contributed by atoms with Gasteiger partial charge in [-0.25, -0.2) is 4.79 Å². The highest BCUT2D eigenvalue weighted by molar-refractivity contribution is 6.32. The van der Waals surface area contributed by atoms with Gasteiger partial charge in [0.05, 0.1) is 23.1 Å². The number of amides is 2. The van der Waals surface area contributed by atoms with E-state index in [0.717, 1.165) is 11.4 Å². The van der Waals surface area contributed by atoms with Gasteiger partial charge in [0.1, 0.15) is 5.75 Å². The number of carboxylic acid groups (broad SMARTS) is 1. The number of imide groups is 1. The topological polar surface area (TPSA) is 96.3 Å². The molecule has 2 aliphatic carbocycles. The second-order valence-corrected chi connectivity index (χ2v) is 7.43. The van der Waals surface area contributed by atoms with Gasteiger partial charge in [-0.15, -0.1) is 0 Å². The smallest absolute Gasteiger partial charge is 0.344 e. The van der Waals surface area contributed by atoms with E-state index in [1.54, 1.807) is 6.07 Å². The maximum atomic E-state index is 12.6. The van der Waals surface area contributed by atoms with Crippen molar-refractivity contribution in [2.24, 2.45) is 28.8 Å². The first-order valence-corrected chi connectivity index (χ1v) is 9.03. The highest BCUT2D eigenvalue weighted by atomic mass is 35.5. The first-order valence-electron chi connectivity index (χ1n) is 8.66. The van der Waals surface area contributed by atoms with E-state index in [1.165, 1.54) is 25.3 Å². The Morgan fingerprint density at radius 2 is 1.93 bits per heavy atom. The molecule has 1 aromatic carbocycles. The zero-order valence-corrected chi connectivity index (χ0v) is 15.2. The number of nitrogens with zero attached hydrogens (tertiary/aromatic N) is 2. The van der Waals surface area contributed by atoms with Gasteiger partial charge < -0.3 is 9.84 Å². The Hall–Kier alpha value is -2.67. The molecule has 2 amide bonds. The summed E-state index contributed by atoms with van der Waals surface area (Å²) < 4.78 is 5.25. The number of hydrazone groups is 1. The van der Waals surface area contributed by atoms with E-state index in [-0.39, 0.29) is 46.3 Å². The molecule has 1 aromatic rings.